The molecule has 0 bridgehead atoms. The third-order valence-corrected chi connectivity index (χ3v) is 6.72. The van der Waals surface area contributed by atoms with E-state index in [9.17, 15) is 19.8 Å². The van der Waals surface area contributed by atoms with Gasteiger partial charge in [-0.15, -0.1) is 0 Å². The van der Waals surface area contributed by atoms with Gasteiger partial charge in [-0.3, -0.25) is 0 Å². The van der Waals surface area contributed by atoms with E-state index in [4.69, 9.17) is 0 Å². The molecule has 240 valence electrons. The Labute approximate surface area is 250 Å². The summed E-state index contributed by atoms with van der Waals surface area (Å²) in [5.74, 6) is -3.09. The van der Waals surface area contributed by atoms with Gasteiger partial charge in [-0.05, 0) is 37.8 Å². The number of carbonyl (C=O) groups is 2. The van der Waals surface area contributed by atoms with Crippen molar-refractivity contribution in [3.63, 3.8) is 0 Å². The zero-order valence-electron chi connectivity index (χ0n) is 28.2. The first-order valence-electron chi connectivity index (χ1n) is 16.5. The fraction of sp³-hybridized carbons (Fsp3) is 0.882. The molecule has 0 N–H and O–H groups in total. The van der Waals surface area contributed by atoms with E-state index in [1.54, 1.807) is 0 Å². The first-order valence-corrected chi connectivity index (χ1v) is 16.5. The topological polar surface area (TPSA) is 80.3 Å². The van der Waals surface area contributed by atoms with Crippen molar-refractivity contribution in [2.75, 3.05) is 55.4 Å². The van der Waals surface area contributed by atoms with Gasteiger partial charge in [0.05, 0.1) is 67.3 Å². The summed E-state index contributed by atoms with van der Waals surface area (Å²) in [6, 6.07) is 0. The van der Waals surface area contributed by atoms with Crippen molar-refractivity contribution in [3.8, 4) is 0 Å². The number of nitrogens with zero attached hydrogens (tertiary/aromatic N) is 2. The zero-order valence-corrected chi connectivity index (χ0v) is 28.2. The van der Waals surface area contributed by atoms with E-state index < -0.39 is 11.9 Å². The Bertz CT molecular complexity index is 527. The molecule has 0 rings (SSSR count). The lowest BCUT2D eigenvalue weighted by molar-refractivity contribution is -0.870. The second-order valence-electron chi connectivity index (χ2n) is 13.4. The van der Waals surface area contributed by atoms with Crippen LogP contribution < -0.4 is 10.2 Å². The van der Waals surface area contributed by atoms with Crippen LogP contribution in [0.4, 0.5) is 0 Å². The number of carbonyl (C=O) groups excluding carboxylic acids is 2. The highest BCUT2D eigenvalue weighted by atomic mass is 16.4. The Balaban J connectivity index is -0.000000543. The number of carboxylic acid groups (broad SMARTS) is 2. The molecule has 0 aromatic rings. The molecule has 0 amide bonds. The molecule has 0 aliphatic carbocycles. The summed E-state index contributed by atoms with van der Waals surface area (Å²) in [7, 11) is 13.7. The van der Waals surface area contributed by atoms with Crippen LogP contribution in [0.2, 0.25) is 0 Å². The standard InChI is InChI=1S/2C15H34N.C4H4O4/c2*1-5-6-7-8-9-10-11-12-13-14-15-16(2,3)4;5-3(6)1-2-4(7)8/h2*5-15H2,1-4H3;1-2H,(H,5,6)(H,7,8)/q2*+1;/p-2/b;;2-1-. The number of aliphatic carboxylic acids is 2. The van der Waals surface area contributed by atoms with Gasteiger partial charge in [0.1, 0.15) is 0 Å². The van der Waals surface area contributed by atoms with Crippen molar-refractivity contribution in [2.24, 2.45) is 0 Å². The lowest BCUT2D eigenvalue weighted by Crippen LogP contribution is -2.35. The summed E-state index contributed by atoms with van der Waals surface area (Å²) in [5.41, 5.74) is 0. The molecule has 0 unspecified atom stereocenters. The van der Waals surface area contributed by atoms with Gasteiger partial charge in [-0.2, -0.15) is 0 Å². The second-order valence-corrected chi connectivity index (χ2v) is 13.4. The van der Waals surface area contributed by atoms with Gasteiger partial charge >= 0.3 is 0 Å². The minimum Gasteiger partial charge on any atom is -0.545 e. The Morgan fingerprint density at radius 3 is 0.800 bits per heavy atom. The predicted molar refractivity (Wildman–Crippen MR) is 169 cm³/mol. The highest BCUT2D eigenvalue weighted by molar-refractivity contribution is 5.87. The van der Waals surface area contributed by atoms with Crippen LogP contribution >= 0.6 is 0 Å². The summed E-state index contributed by atoms with van der Waals surface area (Å²) in [6.07, 6.45) is 29.6. The van der Waals surface area contributed by atoms with Crippen molar-refractivity contribution in [2.45, 2.75) is 142 Å². The van der Waals surface area contributed by atoms with Crippen LogP contribution in [0.15, 0.2) is 12.2 Å². The number of hydrogen-bond acceptors (Lipinski definition) is 4. The van der Waals surface area contributed by atoms with Crippen molar-refractivity contribution < 1.29 is 28.8 Å². The normalized spacial score (nSPS) is 11.5. The van der Waals surface area contributed by atoms with E-state index in [0.29, 0.717) is 12.2 Å². The number of quaternary nitrogens is 2. The van der Waals surface area contributed by atoms with Gasteiger partial charge in [-0.25, -0.2) is 0 Å². The molecule has 6 nitrogen and oxygen atoms in total. The van der Waals surface area contributed by atoms with Gasteiger partial charge in [-0.1, -0.05) is 117 Å². The number of carboxylic acids is 2. The molecular formula is C34H70N2O4. The fourth-order valence-corrected chi connectivity index (χ4v) is 4.28. The van der Waals surface area contributed by atoms with Gasteiger partial charge in [0.25, 0.3) is 0 Å². The van der Waals surface area contributed by atoms with Crippen molar-refractivity contribution in [1.82, 2.24) is 0 Å². The monoisotopic (exact) mass is 571 g/mol. The second kappa shape index (κ2) is 30.6. The van der Waals surface area contributed by atoms with E-state index in [1.807, 2.05) is 0 Å². The van der Waals surface area contributed by atoms with Crippen LogP contribution in [0.5, 0.6) is 0 Å². The third kappa shape index (κ3) is 52.9. The maximum Gasteiger partial charge on any atom is 0.0780 e. The first kappa shape index (κ1) is 43.1. The van der Waals surface area contributed by atoms with E-state index in [1.165, 1.54) is 142 Å². The smallest absolute Gasteiger partial charge is 0.0780 e. The van der Waals surface area contributed by atoms with Crippen LogP contribution in [0.1, 0.15) is 142 Å². The van der Waals surface area contributed by atoms with Crippen molar-refractivity contribution in [1.29, 1.82) is 0 Å². The highest BCUT2D eigenvalue weighted by Gasteiger charge is 2.05. The minimum absolute atomic E-state index is 0.384. The van der Waals surface area contributed by atoms with Crippen LogP contribution in [0.3, 0.4) is 0 Å². The highest BCUT2D eigenvalue weighted by Crippen LogP contribution is 2.12. The van der Waals surface area contributed by atoms with E-state index in [-0.39, 0.29) is 0 Å². The SMILES string of the molecule is CCCCCCCCCCCC[N+](C)(C)C.CCCCCCCCCCCC[N+](C)(C)C.O=C([O-])/C=C\C(=O)[O-]. The molecule has 0 saturated heterocycles. The molecule has 0 radical (unpaired) electrons. The van der Waals surface area contributed by atoms with Crippen LogP contribution in [0.25, 0.3) is 0 Å². The van der Waals surface area contributed by atoms with Crippen LogP contribution in [0, 0.1) is 0 Å². The largest absolute Gasteiger partial charge is 0.545 e. The van der Waals surface area contributed by atoms with Gasteiger partial charge in [0, 0.05) is 0 Å². The molecule has 0 aromatic carbocycles. The average molecular weight is 571 g/mol. The third-order valence-electron chi connectivity index (χ3n) is 6.72. The first-order chi connectivity index (χ1) is 18.7. The molecule has 40 heavy (non-hydrogen) atoms. The lowest BCUT2D eigenvalue weighted by atomic mass is 10.1. The summed E-state index contributed by atoms with van der Waals surface area (Å²) in [6.45, 7) is 7.23. The molecule has 0 spiro atoms. The summed E-state index contributed by atoms with van der Waals surface area (Å²) >= 11 is 0. The zero-order chi connectivity index (χ0) is 31.1. The van der Waals surface area contributed by atoms with Crippen LogP contribution in [-0.4, -0.2) is 76.3 Å². The summed E-state index contributed by atoms with van der Waals surface area (Å²) in [5, 5.41) is 18.8. The molecule has 0 fully saturated rings. The molecule has 0 heterocycles. The fourth-order valence-electron chi connectivity index (χ4n) is 4.28. The van der Waals surface area contributed by atoms with Crippen molar-refractivity contribution >= 4 is 11.9 Å². The van der Waals surface area contributed by atoms with E-state index in [2.05, 4.69) is 56.1 Å². The number of unbranched alkanes of at least 4 members (excludes halogenated alkanes) is 18. The molecule has 0 saturated carbocycles. The molecule has 0 aliphatic rings. The van der Waals surface area contributed by atoms with E-state index >= 15 is 0 Å². The Morgan fingerprint density at radius 2 is 0.625 bits per heavy atom. The maximum absolute atomic E-state index is 9.41. The van der Waals surface area contributed by atoms with Crippen LogP contribution in [-0.2, 0) is 9.59 Å². The summed E-state index contributed by atoms with van der Waals surface area (Å²) in [4.78, 5) is 18.8. The maximum atomic E-state index is 9.41. The average Bonchev–Trinajstić information content (AvgIpc) is 2.84. The van der Waals surface area contributed by atoms with Gasteiger partial charge in [0.15, 0.2) is 0 Å². The molecular weight excluding hydrogens is 500 g/mol. The Hall–Kier alpha value is -1.40. The summed E-state index contributed by atoms with van der Waals surface area (Å²) < 4.78 is 2.24. The number of hydrogen-bond donors (Lipinski definition) is 0. The van der Waals surface area contributed by atoms with Gasteiger partial charge < -0.3 is 28.8 Å². The Morgan fingerprint density at radius 1 is 0.425 bits per heavy atom. The van der Waals surface area contributed by atoms with Gasteiger partial charge in [0.2, 0.25) is 0 Å². The minimum atomic E-state index is -1.55. The Kier molecular flexibility index (Phi) is 32.9. The molecule has 0 aliphatic heterocycles. The van der Waals surface area contributed by atoms with Crippen molar-refractivity contribution in [3.05, 3.63) is 12.2 Å². The predicted octanol–water partition coefficient (Wildman–Crippen LogP) is 6.27. The quantitative estimate of drug-likeness (QED) is 0.0778. The molecule has 0 atom stereocenters. The lowest BCUT2D eigenvalue weighted by Gasteiger charge is -2.23. The number of rotatable bonds is 24. The molecule has 0 aromatic heterocycles. The molecule has 6 heteroatoms. The van der Waals surface area contributed by atoms with E-state index in [0.717, 1.165) is 8.97 Å².